The molecule has 0 unspecified atom stereocenters. The fourth-order valence-corrected chi connectivity index (χ4v) is 6.77. The number of halogens is 1. The lowest BCUT2D eigenvalue weighted by Gasteiger charge is -2.40. The number of carbonyl (C=O) groups excluding carboxylic acids is 1. The molecule has 2 heterocycles. The van der Waals surface area contributed by atoms with Gasteiger partial charge in [-0.1, -0.05) is 36.4 Å². The highest BCUT2D eigenvalue weighted by Gasteiger charge is 2.30. The van der Waals surface area contributed by atoms with E-state index in [1.165, 1.54) is 40.8 Å². The monoisotopic (exact) mass is 677 g/mol. The molecule has 42 heavy (non-hydrogen) atoms. The third-order valence-electron chi connectivity index (χ3n) is 9.31. The number of quaternary nitrogens is 1. The summed E-state index contributed by atoms with van der Waals surface area (Å²) in [6, 6.07) is 24.7. The van der Waals surface area contributed by atoms with Gasteiger partial charge in [0.1, 0.15) is 6.54 Å². The molecule has 6 heteroatoms. The van der Waals surface area contributed by atoms with Crippen LogP contribution in [-0.2, 0) is 22.5 Å². The van der Waals surface area contributed by atoms with Gasteiger partial charge in [0.15, 0.2) is 0 Å². The Morgan fingerprint density at radius 1 is 0.881 bits per heavy atom. The summed E-state index contributed by atoms with van der Waals surface area (Å²) in [5, 5.41) is 3.17. The summed E-state index contributed by atoms with van der Waals surface area (Å²) in [6.07, 6.45) is 9.68. The number of hydrogen-bond donors (Lipinski definition) is 1. The first-order chi connectivity index (χ1) is 19.9. The Morgan fingerprint density at radius 2 is 1.57 bits per heavy atom. The molecule has 0 bridgehead atoms. The summed E-state index contributed by atoms with van der Waals surface area (Å²) in [4.78, 5) is 15.8. The van der Waals surface area contributed by atoms with Crippen LogP contribution in [0, 0.1) is 0 Å². The number of nitrogens with zero attached hydrogens (tertiary/aromatic N) is 2. The highest BCUT2D eigenvalue weighted by atomic mass is 127. The number of anilines is 2. The molecule has 2 saturated heterocycles. The number of fused-ring (bicyclic) bond motifs is 1. The number of nitrogens with one attached hydrogen (secondary N) is 1. The first kappa shape index (κ1) is 30.8. The molecule has 2 aliphatic heterocycles. The summed E-state index contributed by atoms with van der Waals surface area (Å²) in [7, 11) is 4.63. The summed E-state index contributed by atoms with van der Waals surface area (Å²) in [5.74, 6) is 0.00397. The van der Waals surface area contributed by atoms with Gasteiger partial charge in [-0.3, -0.25) is 4.79 Å². The predicted molar refractivity (Wildman–Crippen MR) is 169 cm³/mol. The van der Waals surface area contributed by atoms with Crippen molar-refractivity contribution in [2.24, 2.45) is 0 Å². The van der Waals surface area contributed by atoms with Crippen LogP contribution in [0.2, 0.25) is 0 Å². The van der Waals surface area contributed by atoms with Gasteiger partial charge in [-0.15, -0.1) is 0 Å². The highest BCUT2D eigenvalue weighted by molar-refractivity contribution is 6.07. The van der Waals surface area contributed by atoms with Gasteiger partial charge in [0, 0.05) is 48.4 Å². The average Bonchev–Trinajstić information content (AvgIpc) is 3.45. The normalized spacial score (nSPS) is 17.6. The van der Waals surface area contributed by atoms with Crippen LogP contribution in [-0.4, -0.2) is 56.8 Å². The zero-order chi connectivity index (χ0) is 28.2. The van der Waals surface area contributed by atoms with Gasteiger partial charge in [0.25, 0.3) is 5.91 Å². The van der Waals surface area contributed by atoms with Gasteiger partial charge in [-0.25, -0.2) is 0 Å². The van der Waals surface area contributed by atoms with Crippen molar-refractivity contribution in [3.8, 4) is 11.1 Å². The number of aryl methyl sites for hydroxylation is 1. The van der Waals surface area contributed by atoms with Gasteiger partial charge in [-0.2, -0.15) is 0 Å². The molecule has 0 atom stereocenters. The van der Waals surface area contributed by atoms with E-state index in [1.807, 2.05) is 12.1 Å². The van der Waals surface area contributed by atoms with E-state index in [1.54, 1.807) is 0 Å². The van der Waals surface area contributed by atoms with E-state index in [9.17, 15) is 4.79 Å². The van der Waals surface area contributed by atoms with Crippen LogP contribution in [0.3, 0.4) is 0 Å². The van der Waals surface area contributed by atoms with Gasteiger partial charge < -0.3 is 43.4 Å². The predicted octanol–water partition coefficient (Wildman–Crippen LogP) is 4.07. The van der Waals surface area contributed by atoms with Gasteiger partial charge >= 0.3 is 0 Å². The minimum Gasteiger partial charge on any atom is -1.00 e. The quantitative estimate of drug-likeness (QED) is 0.303. The molecular formula is C36H44IN3O2. The number of amides is 1. The topological polar surface area (TPSA) is 41.6 Å². The maximum absolute atomic E-state index is 13.4. The third kappa shape index (κ3) is 7.26. The second kappa shape index (κ2) is 13.7. The lowest BCUT2D eigenvalue weighted by molar-refractivity contribution is -0.929. The molecule has 3 aromatic rings. The van der Waals surface area contributed by atoms with E-state index in [0.717, 1.165) is 86.3 Å². The second-order valence-electron chi connectivity index (χ2n) is 12.6. The lowest BCUT2D eigenvalue weighted by atomic mass is 9.97. The lowest BCUT2D eigenvalue weighted by Crippen LogP contribution is -3.00. The van der Waals surface area contributed by atoms with E-state index >= 15 is 0 Å². The Kier molecular flexibility index (Phi) is 10.1. The Labute approximate surface area is 268 Å². The molecule has 3 aliphatic rings. The maximum atomic E-state index is 13.4. The molecule has 0 spiro atoms. The highest BCUT2D eigenvalue weighted by Crippen LogP contribution is 2.31. The molecule has 3 aromatic carbocycles. The van der Waals surface area contributed by atoms with Crippen LogP contribution in [0.5, 0.6) is 0 Å². The summed E-state index contributed by atoms with van der Waals surface area (Å²) in [5.41, 5.74) is 9.22. The average molecular weight is 678 g/mol. The fourth-order valence-electron chi connectivity index (χ4n) is 6.77. The van der Waals surface area contributed by atoms with Crippen molar-refractivity contribution in [3.05, 3.63) is 89.0 Å². The molecule has 0 saturated carbocycles. The van der Waals surface area contributed by atoms with Crippen LogP contribution >= 0.6 is 0 Å². The molecule has 1 amide bonds. The second-order valence-corrected chi connectivity index (χ2v) is 12.6. The Hall–Kier alpha value is -2.68. The molecule has 222 valence electrons. The van der Waals surface area contributed by atoms with Crippen molar-refractivity contribution in [1.29, 1.82) is 0 Å². The molecule has 6 rings (SSSR count). The van der Waals surface area contributed by atoms with Crippen LogP contribution in [0.15, 0.2) is 72.3 Å². The molecule has 0 radical (unpaired) electrons. The van der Waals surface area contributed by atoms with Gasteiger partial charge in [-0.05, 0) is 90.8 Å². The Bertz CT molecular complexity index is 1390. The van der Waals surface area contributed by atoms with Crippen LogP contribution in [0.1, 0.15) is 55.2 Å². The number of hydrogen-bond acceptors (Lipinski definition) is 3. The number of rotatable bonds is 7. The standard InChI is InChI=1S/C36H43N3O2.HI/c1-39(2,35-18-22-41-23-19-35)26-27-8-14-33(15-9-27)37-36(40)31-7-5-6-28-10-11-30(24-32(28)25-31)29-12-16-34(17-13-29)38-20-3-4-21-38;/h8-17,24-25,35H,3-7,18-23,26H2,1-2H3;1H. The van der Waals surface area contributed by atoms with E-state index in [-0.39, 0.29) is 29.9 Å². The first-order valence-corrected chi connectivity index (χ1v) is 15.4. The van der Waals surface area contributed by atoms with E-state index in [2.05, 4.69) is 85.0 Å². The van der Waals surface area contributed by atoms with Crippen molar-refractivity contribution in [2.75, 3.05) is 50.6 Å². The fraction of sp³-hybridized carbons (Fsp3) is 0.417. The van der Waals surface area contributed by atoms with E-state index < -0.39 is 0 Å². The maximum Gasteiger partial charge on any atom is 0.251 e. The van der Waals surface area contributed by atoms with Gasteiger partial charge in [0.2, 0.25) is 0 Å². The van der Waals surface area contributed by atoms with Gasteiger partial charge in [0.05, 0.1) is 33.4 Å². The smallest absolute Gasteiger partial charge is 0.251 e. The number of benzene rings is 3. The molecule has 0 aromatic heterocycles. The largest absolute Gasteiger partial charge is 1.00 e. The van der Waals surface area contributed by atoms with E-state index in [0.29, 0.717) is 6.04 Å². The Balaban J connectivity index is 0.00000353. The molecule has 1 N–H and O–H groups in total. The zero-order valence-corrected chi connectivity index (χ0v) is 27.2. The minimum atomic E-state index is 0. The van der Waals surface area contributed by atoms with Crippen LogP contribution in [0.4, 0.5) is 11.4 Å². The van der Waals surface area contributed by atoms with Crippen molar-refractivity contribution >= 4 is 23.4 Å². The van der Waals surface area contributed by atoms with Crippen molar-refractivity contribution in [3.63, 3.8) is 0 Å². The SMILES string of the molecule is C[N+](C)(Cc1ccc(NC(=O)C2=Cc3cc(-c4ccc(N5CCCC5)cc4)ccc3CCC2)cc1)C1CCOCC1.[I-]. The summed E-state index contributed by atoms with van der Waals surface area (Å²) >= 11 is 0. The van der Waals surface area contributed by atoms with Crippen molar-refractivity contribution in [2.45, 2.75) is 57.5 Å². The Morgan fingerprint density at radius 3 is 2.29 bits per heavy atom. The molecular weight excluding hydrogens is 633 g/mol. The zero-order valence-electron chi connectivity index (χ0n) is 25.1. The summed E-state index contributed by atoms with van der Waals surface area (Å²) in [6.45, 7) is 5.03. The van der Waals surface area contributed by atoms with Crippen LogP contribution in [0.25, 0.3) is 17.2 Å². The number of carbonyl (C=O) groups is 1. The molecule has 2 fully saturated rings. The summed E-state index contributed by atoms with van der Waals surface area (Å²) < 4.78 is 6.53. The molecule has 1 aliphatic carbocycles. The van der Waals surface area contributed by atoms with Crippen molar-refractivity contribution in [1.82, 2.24) is 0 Å². The van der Waals surface area contributed by atoms with Crippen molar-refractivity contribution < 1.29 is 38.0 Å². The molecule has 5 nitrogen and oxygen atoms in total. The third-order valence-corrected chi connectivity index (χ3v) is 9.31. The first-order valence-electron chi connectivity index (χ1n) is 15.4. The van der Waals surface area contributed by atoms with Crippen LogP contribution < -0.4 is 34.2 Å². The van der Waals surface area contributed by atoms with E-state index in [4.69, 9.17) is 4.74 Å². The number of ether oxygens (including phenoxy) is 1. The minimum absolute atomic E-state index is 0.